The Morgan fingerprint density at radius 3 is 2.32 bits per heavy atom. The Morgan fingerprint density at radius 2 is 1.62 bits per heavy atom. The monoisotopic (exact) mass is 519 g/mol. The van der Waals surface area contributed by atoms with Gasteiger partial charge in [0.1, 0.15) is 5.75 Å². The van der Waals surface area contributed by atoms with Gasteiger partial charge in [-0.25, -0.2) is 0 Å². The summed E-state index contributed by atoms with van der Waals surface area (Å²) in [5.74, 6) is 1.80. The summed E-state index contributed by atoms with van der Waals surface area (Å²) in [6.07, 6.45) is 10.6. The minimum absolute atomic E-state index is 0.107. The van der Waals surface area contributed by atoms with Crippen LogP contribution in [0.1, 0.15) is 77.8 Å². The first-order chi connectivity index (χ1) is 18.0. The summed E-state index contributed by atoms with van der Waals surface area (Å²) in [6.45, 7) is 0. The molecule has 1 heterocycles. The van der Waals surface area contributed by atoms with Crippen molar-refractivity contribution in [1.29, 1.82) is 0 Å². The molecule has 0 unspecified atom stereocenters. The predicted molar refractivity (Wildman–Crippen MR) is 151 cm³/mol. The van der Waals surface area contributed by atoms with Crippen molar-refractivity contribution in [3.63, 3.8) is 0 Å². The fourth-order valence-corrected chi connectivity index (χ4v) is 6.89. The van der Waals surface area contributed by atoms with E-state index in [1.807, 2.05) is 30.3 Å². The standard InChI is InChI=1S/C30H37N3O3S/c1-36-26-15-10-22(17-25(26)33-30(35)28-18-21-4-2-3-5-27(21)37-28)29(34)32-24-13-8-20(9-14-24)16-19-6-11-23(31)12-7-19/h2-5,10,15,17-20,23-24H,6-9,11-14,16,31H2,1H3,(H,32,34)(H,33,35). The summed E-state index contributed by atoms with van der Waals surface area (Å²) >= 11 is 1.45. The quantitative estimate of drug-likeness (QED) is 0.339. The van der Waals surface area contributed by atoms with E-state index in [2.05, 4.69) is 10.6 Å². The molecule has 0 atom stereocenters. The van der Waals surface area contributed by atoms with Crippen LogP contribution in [0.3, 0.4) is 0 Å². The molecule has 0 spiro atoms. The number of carbonyl (C=O) groups is 2. The summed E-state index contributed by atoms with van der Waals surface area (Å²) in [4.78, 5) is 26.7. The third kappa shape index (κ3) is 6.33. The first-order valence-corrected chi connectivity index (χ1v) is 14.3. The van der Waals surface area contributed by atoms with E-state index in [0.29, 0.717) is 27.9 Å². The first-order valence-electron chi connectivity index (χ1n) is 13.5. The van der Waals surface area contributed by atoms with E-state index in [0.717, 1.165) is 34.8 Å². The highest BCUT2D eigenvalue weighted by atomic mass is 32.1. The van der Waals surface area contributed by atoms with Gasteiger partial charge in [-0.3, -0.25) is 9.59 Å². The molecular formula is C30H37N3O3S. The summed E-state index contributed by atoms with van der Waals surface area (Å²) in [5.41, 5.74) is 7.08. The summed E-state index contributed by atoms with van der Waals surface area (Å²) in [7, 11) is 1.56. The molecule has 2 saturated carbocycles. The molecule has 3 aromatic rings. The third-order valence-corrected chi connectivity index (χ3v) is 9.21. The highest BCUT2D eigenvalue weighted by Gasteiger charge is 2.27. The maximum Gasteiger partial charge on any atom is 0.265 e. The van der Waals surface area contributed by atoms with Crippen molar-refractivity contribution in [3.05, 3.63) is 59.0 Å². The van der Waals surface area contributed by atoms with Gasteiger partial charge in [0.15, 0.2) is 0 Å². The van der Waals surface area contributed by atoms with E-state index in [-0.39, 0.29) is 17.9 Å². The average molecular weight is 520 g/mol. The van der Waals surface area contributed by atoms with Crippen LogP contribution in [0.25, 0.3) is 10.1 Å². The van der Waals surface area contributed by atoms with Crippen molar-refractivity contribution >= 4 is 38.9 Å². The lowest BCUT2D eigenvalue weighted by Gasteiger charge is -2.33. The van der Waals surface area contributed by atoms with Crippen molar-refractivity contribution in [1.82, 2.24) is 5.32 Å². The number of benzene rings is 2. The van der Waals surface area contributed by atoms with Gasteiger partial charge >= 0.3 is 0 Å². The van der Waals surface area contributed by atoms with Crippen LogP contribution in [-0.2, 0) is 0 Å². The molecule has 1 aromatic heterocycles. The van der Waals surface area contributed by atoms with Crippen molar-refractivity contribution in [2.24, 2.45) is 17.6 Å². The van der Waals surface area contributed by atoms with E-state index in [4.69, 9.17) is 10.5 Å². The minimum Gasteiger partial charge on any atom is -0.495 e. The number of thiophene rings is 1. The molecule has 196 valence electrons. The molecule has 2 aromatic carbocycles. The molecule has 0 radical (unpaired) electrons. The van der Waals surface area contributed by atoms with Crippen LogP contribution in [0.4, 0.5) is 5.69 Å². The second-order valence-electron chi connectivity index (χ2n) is 10.7. The Labute approximate surface area is 223 Å². The molecule has 4 N–H and O–H groups in total. The summed E-state index contributed by atoms with van der Waals surface area (Å²) in [5, 5.41) is 7.21. The van der Waals surface area contributed by atoms with Crippen molar-refractivity contribution in [2.75, 3.05) is 12.4 Å². The highest BCUT2D eigenvalue weighted by molar-refractivity contribution is 7.20. The lowest BCUT2D eigenvalue weighted by atomic mass is 9.76. The van der Waals surface area contributed by atoms with E-state index < -0.39 is 0 Å². The molecule has 0 saturated heterocycles. The molecule has 5 rings (SSSR count). The number of nitrogens with one attached hydrogen (secondary N) is 2. The number of nitrogens with two attached hydrogens (primary N) is 1. The van der Waals surface area contributed by atoms with Crippen LogP contribution in [0.5, 0.6) is 5.75 Å². The van der Waals surface area contributed by atoms with Crippen LogP contribution in [-0.4, -0.2) is 31.0 Å². The largest absolute Gasteiger partial charge is 0.495 e. The number of hydrogen-bond acceptors (Lipinski definition) is 5. The van der Waals surface area contributed by atoms with Crippen LogP contribution in [0.2, 0.25) is 0 Å². The van der Waals surface area contributed by atoms with Crippen LogP contribution >= 0.6 is 11.3 Å². The zero-order chi connectivity index (χ0) is 25.8. The lowest BCUT2D eigenvalue weighted by Crippen LogP contribution is -2.38. The molecule has 7 heteroatoms. The normalized spacial score (nSPS) is 23.9. The number of rotatable bonds is 7. The number of ether oxygens (including phenoxy) is 1. The van der Waals surface area contributed by atoms with Gasteiger partial charge in [-0.1, -0.05) is 18.2 Å². The van der Waals surface area contributed by atoms with Gasteiger partial charge in [0.2, 0.25) is 0 Å². The van der Waals surface area contributed by atoms with Crippen LogP contribution in [0.15, 0.2) is 48.5 Å². The predicted octanol–water partition coefficient (Wildman–Crippen LogP) is 6.36. The zero-order valence-electron chi connectivity index (χ0n) is 21.5. The van der Waals surface area contributed by atoms with Gasteiger partial charge in [0, 0.05) is 22.3 Å². The molecule has 2 fully saturated rings. The molecule has 0 bridgehead atoms. The Morgan fingerprint density at radius 1 is 0.919 bits per heavy atom. The lowest BCUT2D eigenvalue weighted by molar-refractivity contribution is 0.0917. The Hall–Kier alpha value is -2.90. The van der Waals surface area contributed by atoms with Gasteiger partial charge in [0.05, 0.1) is 17.7 Å². The summed E-state index contributed by atoms with van der Waals surface area (Å²) < 4.78 is 6.52. The summed E-state index contributed by atoms with van der Waals surface area (Å²) in [6, 6.07) is 15.6. The van der Waals surface area contributed by atoms with E-state index >= 15 is 0 Å². The Balaban J connectivity index is 1.17. The molecule has 0 aliphatic heterocycles. The smallest absolute Gasteiger partial charge is 0.265 e. The van der Waals surface area contributed by atoms with Crippen molar-refractivity contribution < 1.29 is 14.3 Å². The van der Waals surface area contributed by atoms with E-state index in [1.165, 1.54) is 56.3 Å². The van der Waals surface area contributed by atoms with Gasteiger partial charge < -0.3 is 21.1 Å². The average Bonchev–Trinajstić information content (AvgIpc) is 3.36. The second kappa shape index (κ2) is 11.7. The Kier molecular flexibility index (Phi) is 8.11. The van der Waals surface area contributed by atoms with Crippen molar-refractivity contribution in [3.8, 4) is 5.75 Å². The third-order valence-electron chi connectivity index (χ3n) is 8.10. The first kappa shape index (κ1) is 25.7. The second-order valence-corrected chi connectivity index (χ2v) is 11.8. The number of carbonyl (C=O) groups excluding carboxylic acids is 2. The fourth-order valence-electron chi connectivity index (χ4n) is 5.93. The fraction of sp³-hybridized carbons (Fsp3) is 0.467. The molecule has 6 nitrogen and oxygen atoms in total. The molecule has 2 aliphatic carbocycles. The molecule has 2 aliphatic rings. The minimum atomic E-state index is -0.213. The molecule has 37 heavy (non-hydrogen) atoms. The van der Waals surface area contributed by atoms with Gasteiger partial charge in [-0.15, -0.1) is 11.3 Å². The van der Waals surface area contributed by atoms with Gasteiger partial charge in [-0.05, 0) is 105 Å². The highest BCUT2D eigenvalue weighted by Crippen LogP contribution is 2.35. The van der Waals surface area contributed by atoms with Crippen LogP contribution < -0.4 is 21.1 Å². The topological polar surface area (TPSA) is 93.4 Å². The SMILES string of the molecule is COc1ccc(C(=O)NC2CCC(CC3CCC(N)CC3)CC2)cc1NC(=O)c1cc2ccccc2s1. The van der Waals surface area contributed by atoms with Crippen LogP contribution in [0, 0.1) is 11.8 Å². The number of methoxy groups -OCH3 is 1. The molecule has 2 amide bonds. The maximum absolute atomic E-state index is 13.1. The molecular weight excluding hydrogens is 482 g/mol. The number of amides is 2. The maximum atomic E-state index is 13.1. The van der Waals surface area contributed by atoms with Crippen molar-refractivity contribution in [2.45, 2.75) is 69.9 Å². The zero-order valence-corrected chi connectivity index (χ0v) is 22.3. The number of fused-ring (bicyclic) bond motifs is 1. The van der Waals surface area contributed by atoms with Gasteiger partial charge in [-0.2, -0.15) is 0 Å². The van der Waals surface area contributed by atoms with Gasteiger partial charge in [0.25, 0.3) is 11.8 Å². The number of hydrogen-bond donors (Lipinski definition) is 3. The van der Waals surface area contributed by atoms with E-state index in [1.54, 1.807) is 25.3 Å². The van der Waals surface area contributed by atoms with E-state index in [9.17, 15) is 9.59 Å². The Bertz CT molecular complexity index is 1210. The number of anilines is 1.